The Morgan fingerprint density at radius 1 is 1.19 bits per heavy atom. The molecule has 1 aromatic carbocycles. The average Bonchev–Trinajstić information content (AvgIpc) is 2.55. The summed E-state index contributed by atoms with van der Waals surface area (Å²) >= 11 is 0. The fraction of sp³-hybridized carbons (Fsp3) is 0.294. The molecule has 2 rings (SSSR count). The number of para-hydroxylation sites is 1. The number of nitriles is 1. The molecule has 0 N–H and O–H groups in total. The van der Waals surface area contributed by atoms with E-state index in [1.165, 1.54) is 5.56 Å². The van der Waals surface area contributed by atoms with E-state index >= 15 is 0 Å². The maximum Gasteiger partial charge on any atom is 0.137 e. The van der Waals surface area contributed by atoms with Crippen LogP contribution in [0.25, 0.3) is 0 Å². The van der Waals surface area contributed by atoms with Crippen LogP contribution in [0.1, 0.15) is 18.1 Å². The standard InChI is InChI=1S/C17H19N3O/c1-2-20(14-15-7-9-19-10-8-15)11-12-21-17-6-4-3-5-16(17)13-18/h3-10H,2,11-12,14H2,1H3. The second-order valence-corrected chi connectivity index (χ2v) is 4.68. The molecule has 4 nitrogen and oxygen atoms in total. The highest BCUT2D eigenvalue weighted by atomic mass is 16.5. The van der Waals surface area contributed by atoms with Crippen molar-refractivity contribution in [2.24, 2.45) is 0 Å². The molecule has 0 atom stereocenters. The van der Waals surface area contributed by atoms with E-state index in [0.29, 0.717) is 17.9 Å². The molecule has 0 unspecified atom stereocenters. The van der Waals surface area contributed by atoms with Gasteiger partial charge < -0.3 is 4.74 Å². The SMILES string of the molecule is CCN(CCOc1ccccc1C#N)Cc1ccncc1. The van der Waals surface area contributed by atoms with Crippen molar-refractivity contribution in [2.75, 3.05) is 19.7 Å². The minimum Gasteiger partial charge on any atom is -0.491 e. The van der Waals surface area contributed by atoms with E-state index in [2.05, 4.69) is 22.9 Å². The van der Waals surface area contributed by atoms with Gasteiger partial charge >= 0.3 is 0 Å². The van der Waals surface area contributed by atoms with Gasteiger partial charge in [0.25, 0.3) is 0 Å². The van der Waals surface area contributed by atoms with E-state index in [9.17, 15) is 0 Å². The topological polar surface area (TPSA) is 49.1 Å². The fourth-order valence-corrected chi connectivity index (χ4v) is 2.06. The molecular formula is C17H19N3O. The first-order valence-electron chi connectivity index (χ1n) is 7.06. The fourth-order valence-electron chi connectivity index (χ4n) is 2.06. The van der Waals surface area contributed by atoms with Gasteiger partial charge in [-0.3, -0.25) is 9.88 Å². The largest absolute Gasteiger partial charge is 0.491 e. The molecule has 0 fully saturated rings. The van der Waals surface area contributed by atoms with Crippen LogP contribution in [0.2, 0.25) is 0 Å². The zero-order valence-electron chi connectivity index (χ0n) is 12.2. The number of ether oxygens (including phenoxy) is 1. The van der Waals surface area contributed by atoms with E-state index < -0.39 is 0 Å². The van der Waals surface area contributed by atoms with Crippen LogP contribution in [0, 0.1) is 11.3 Å². The number of hydrogen-bond acceptors (Lipinski definition) is 4. The maximum absolute atomic E-state index is 9.02. The molecule has 108 valence electrons. The number of hydrogen-bond donors (Lipinski definition) is 0. The zero-order chi connectivity index (χ0) is 14.9. The minimum atomic E-state index is 0.567. The highest BCUT2D eigenvalue weighted by Crippen LogP contribution is 2.16. The van der Waals surface area contributed by atoms with Crippen LogP contribution in [-0.4, -0.2) is 29.6 Å². The molecule has 0 saturated heterocycles. The lowest BCUT2D eigenvalue weighted by Crippen LogP contribution is -2.28. The summed E-state index contributed by atoms with van der Waals surface area (Å²) in [7, 11) is 0. The monoisotopic (exact) mass is 281 g/mol. The molecule has 1 heterocycles. The Kier molecular flexibility index (Phi) is 5.74. The van der Waals surface area contributed by atoms with Crippen molar-refractivity contribution in [3.05, 3.63) is 59.9 Å². The molecular weight excluding hydrogens is 262 g/mol. The van der Waals surface area contributed by atoms with Crippen molar-refractivity contribution in [1.29, 1.82) is 5.26 Å². The quantitative estimate of drug-likeness (QED) is 0.783. The molecule has 2 aromatic rings. The molecule has 0 saturated carbocycles. The van der Waals surface area contributed by atoms with Crippen molar-refractivity contribution in [3.63, 3.8) is 0 Å². The van der Waals surface area contributed by atoms with Gasteiger partial charge in [-0.25, -0.2) is 0 Å². The summed E-state index contributed by atoms with van der Waals surface area (Å²) in [4.78, 5) is 6.32. The maximum atomic E-state index is 9.02. The van der Waals surface area contributed by atoms with Gasteiger partial charge in [-0.1, -0.05) is 19.1 Å². The van der Waals surface area contributed by atoms with Crippen LogP contribution in [-0.2, 0) is 6.54 Å². The van der Waals surface area contributed by atoms with Crippen LogP contribution >= 0.6 is 0 Å². The summed E-state index contributed by atoms with van der Waals surface area (Å²) in [6, 6.07) is 13.5. The second-order valence-electron chi connectivity index (χ2n) is 4.68. The predicted octanol–water partition coefficient (Wildman–Crippen LogP) is 2.85. The van der Waals surface area contributed by atoms with Gasteiger partial charge in [0, 0.05) is 25.5 Å². The summed E-state index contributed by atoms with van der Waals surface area (Å²) in [5, 5.41) is 9.02. The van der Waals surface area contributed by atoms with Crippen LogP contribution in [0.4, 0.5) is 0 Å². The Morgan fingerprint density at radius 3 is 2.67 bits per heavy atom. The van der Waals surface area contributed by atoms with Crippen molar-refractivity contribution in [1.82, 2.24) is 9.88 Å². The first kappa shape index (κ1) is 15.0. The van der Waals surface area contributed by atoms with Gasteiger partial charge in [0.2, 0.25) is 0 Å². The normalized spacial score (nSPS) is 10.3. The Labute approximate surface area is 125 Å². The van der Waals surface area contributed by atoms with Crippen molar-refractivity contribution in [3.8, 4) is 11.8 Å². The number of benzene rings is 1. The number of pyridine rings is 1. The van der Waals surface area contributed by atoms with Crippen molar-refractivity contribution >= 4 is 0 Å². The Hall–Kier alpha value is -2.38. The summed E-state index contributed by atoms with van der Waals surface area (Å²) in [6.07, 6.45) is 3.62. The Morgan fingerprint density at radius 2 is 1.95 bits per heavy atom. The third-order valence-electron chi connectivity index (χ3n) is 3.28. The second kappa shape index (κ2) is 8.03. The molecule has 0 amide bonds. The summed E-state index contributed by atoms with van der Waals surface area (Å²) in [5.74, 6) is 0.653. The van der Waals surface area contributed by atoms with Crippen molar-refractivity contribution in [2.45, 2.75) is 13.5 Å². The number of likely N-dealkylation sites (N-methyl/N-ethyl adjacent to an activating group) is 1. The lowest BCUT2D eigenvalue weighted by Gasteiger charge is -2.20. The molecule has 1 aromatic heterocycles. The van der Waals surface area contributed by atoms with Crippen LogP contribution in [0.5, 0.6) is 5.75 Å². The summed E-state index contributed by atoms with van der Waals surface area (Å²) < 4.78 is 5.72. The van der Waals surface area contributed by atoms with Gasteiger partial charge in [-0.05, 0) is 36.4 Å². The predicted molar refractivity (Wildman–Crippen MR) is 81.8 cm³/mol. The highest BCUT2D eigenvalue weighted by molar-refractivity contribution is 5.42. The average molecular weight is 281 g/mol. The van der Waals surface area contributed by atoms with Gasteiger partial charge in [0.05, 0.1) is 5.56 Å². The van der Waals surface area contributed by atoms with Gasteiger partial charge in [-0.2, -0.15) is 5.26 Å². The van der Waals surface area contributed by atoms with E-state index in [-0.39, 0.29) is 0 Å². The smallest absolute Gasteiger partial charge is 0.137 e. The van der Waals surface area contributed by atoms with Gasteiger partial charge in [0.1, 0.15) is 18.4 Å². The lowest BCUT2D eigenvalue weighted by molar-refractivity contribution is 0.209. The van der Waals surface area contributed by atoms with E-state index in [0.717, 1.165) is 19.6 Å². The Bertz CT molecular complexity index is 592. The molecule has 4 heteroatoms. The first-order chi connectivity index (χ1) is 10.3. The molecule has 0 bridgehead atoms. The number of rotatable bonds is 7. The Balaban J connectivity index is 1.85. The number of aromatic nitrogens is 1. The molecule has 0 aliphatic carbocycles. The molecule has 0 radical (unpaired) electrons. The molecule has 0 aliphatic heterocycles. The summed E-state index contributed by atoms with van der Waals surface area (Å²) in [6.45, 7) is 5.34. The first-order valence-corrected chi connectivity index (χ1v) is 7.06. The van der Waals surface area contributed by atoms with Crippen LogP contribution in [0.15, 0.2) is 48.8 Å². The van der Waals surface area contributed by atoms with Crippen LogP contribution in [0.3, 0.4) is 0 Å². The van der Waals surface area contributed by atoms with Gasteiger partial charge in [0.15, 0.2) is 0 Å². The summed E-state index contributed by atoms with van der Waals surface area (Å²) in [5.41, 5.74) is 1.82. The number of nitrogens with zero attached hydrogens (tertiary/aromatic N) is 3. The van der Waals surface area contributed by atoms with Crippen LogP contribution < -0.4 is 4.74 Å². The van der Waals surface area contributed by atoms with E-state index in [4.69, 9.17) is 10.00 Å². The van der Waals surface area contributed by atoms with Gasteiger partial charge in [-0.15, -0.1) is 0 Å². The molecule has 0 spiro atoms. The molecule has 21 heavy (non-hydrogen) atoms. The highest BCUT2D eigenvalue weighted by Gasteiger charge is 2.06. The van der Waals surface area contributed by atoms with E-state index in [1.54, 1.807) is 6.07 Å². The van der Waals surface area contributed by atoms with E-state index in [1.807, 2.05) is 42.7 Å². The zero-order valence-corrected chi connectivity index (χ0v) is 12.2. The third kappa shape index (κ3) is 4.59. The third-order valence-corrected chi connectivity index (χ3v) is 3.28. The lowest BCUT2D eigenvalue weighted by atomic mass is 10.2. The van der Waals surface area contributed by atoms with Crippen molar-refractivity contribution < 1.29 is 4.74 Å². The minimum absolute atomic E-state index is 0.567. The molecule has 0 aliphatic rings.